The summed E-state index contributed by atoms with van der Waals surface area (Å²) >= 11 is 0. The van der Waals surface area contributed by atoms with E-state index in [2.05, 4.69) is 15.2 Å². The van der Waals surface area contributed by atoms with Gasteiger partial charge in [-0.05, 0) is 18.9 Å². The van der Waals surface area contributed by atoms with E-state index in [1.54, 1.807) is 23.2 Å². The number of carbonyl (C=O) groups is 1. The van der Waals surface area contributed by atoms with Crippen molar-refractivity contribution < 1.29 is 9.53 Å². The SMILES string of the molecule is O=C(c1cc(=O)[nH]c(=O)[nH]1)N1CCCC(Oc2cccnn2)C1. The second-order valence-corrected chi connectivity index (χ2v) is 5.20. The summed E-state index contributed by atoms with van der Waals surface area (Å²) in [4.78, 5) is 40.9. The van der Waals surface area contributed by atoms with Gasteiger partial charge in [-0.1, -0.05) is 0 Å². The molecule has 0 bridgehead atoms. The van der Waals surface area contributed by atoms with Crippen LogP contribution in [0.15, 0.2) is 34.0 Å². The molecule has 1 atom stereocenters. The van der Waals surface area contributed by atoms with Crippen LogP contribution >= 0.6 is 0 Å². The summed E-state index contributed by atoms with van der Waals surface area (Å²) in [7, 11) is 0. The third kappa shape index (κ3) is 3.62. The van der Waals surface area contributed by atoms with Crippen LogP contribution in [-0.2, 0) is 0 Å². The zero-order valence-electron chi connectivity index (χ0n) is 12.2. The van der Waals surface area contributed by atoms with Crippen molar-refractivity contribution in [2.45, 2.75) is 18.9 Å². The van der Waals surface area contributed by atoms with E-state index in [1.807, 2.05) is 4.98 Å². The first-order valence-corrected chi connectivity index (χ1v) is 7.19. The van der Waals surface area contributed by atoms with Crippen LogP contribution in [0.4, 0.5) is 0 Å². The van der Waals surface area contributed by atoms with Gasteiger partial charge < -0.3 is 14.6 Å². The molecule has 2 aromatic heterocycles. The van der Waals surface area contributed by atoms with Crippen LogP contribution in [-0.4, -0.2) is 50.2 Å². The highest BCUT2D eigenvalue weighted by Gasteiger charge is 2.26. The van der Waals surface area contributed by atoms with E-state index in [1.165, 1.54) is 0 Å². The number of piperidine rings is 1. The summed E-state index contributed by atoms with van der Waals surface area (Å²) in [6.45, 7) is 0.887. The lowest BCUT2D eigenvalue weighted by Gasteiger charge is -2.32. The number of H-pyrrole nitrogens is 2. The number of rotatable bonds is 3. The number of hydrogen-bond donors (Lipinski definition) is 2. The normalized spacial score (nSPS) is 17.7. The first-order valence-electron chi connectivity index (χ1n) is 7.19. The number of hydrogen-bond acceptors (Lipinski definition) is 6. The highest BCUT2D eigenvalue weighted by atomic mass is 16.5. The van der Waals surface area contributed by atoms with Crippen molar-refractivity contribution in [3.8, 4) is 5.88 Å². The summed E-state index contributed by atoms with van der Waals surface area (Å²) in [5, 5.41) is 7.59. The quantitative estimate of drug-likeness (QED) is 0.790. The molecule has 1 aliphatic heterocycles. The molecule has 1 amide bonds. The second-order valence-electron chi connectivity index (χ2n) is 5.20. The van der Waals surface area contributed by atoms with Gasteiger partial charge in [0.15, 0.2) is 0 Å². The highest BCUT2D eigenvalue weighted by molar-refractivity contribution is 5.92. The fourth-order valence-corrected chi connectivity index (χ4v) is 2.49. The molecule has 1 aliphatic rings. The Morgan fingerprint density at radius 2 is 2.22 bits per heavy atom. The number of likely N-dealkylation sites (tertiary alicyclic amines) is 1. The standard InChI is InChI=1S/C14H15N5O4/c20-11-7-10(16-14(22)17-11)13(21)19-6-2-3-9(8-19)23-12-4-1-5-15-18-12/h1,4-5,7,9H,2-3,6,8H2,(H2,16,17,20,22). The summed E-state index contributed by atoms with van der Waals surface area (Å²) in [5.41, 5.74) is -1.34. The molecule has 2 aromatic rings. The van der Waals surface area contributed by atoms with Crippen LogP contribution in [0.1, 0.15) is 23.3 Å². The Morgan fingerprint density at radius 3 is 2.96 bits per heavy atom. The van der Waals surface area contributed by atoms with Gasteiger partial charge in [0.25, 0.3) is 11.5 Å². The molecule has 3 heterocycles. The third-order valence-corrected chi connectivity index (χ3v) is 3.49. The van der Waals surface area contributed by atoms with Gasteiger partial charge in [-0.15, -0.1) is 5.10 Å². The number of amides is 1. The van der Waals surface area contributed by atoms with Gasteiger partial charge in [0.05, 0.1) is 6.54 Å². The Hall–Kier alpha value is -2.97. The van der Waals surface area contributed by atoms with Crippen molar-refractivity contribution in [2.75, 3.05) is 13.1 Å². The van der Waals surface area contributed by atoms with Crippen LogP contribution in [0.5, 0.6) is 5.88 Å². The minimum absolute atomic E-state index is 0.0288. The van der Waals surface area contributed by atoms with Crippen molar-refractivity contribution in [1.29, 1.82) is 0 Å². The Labute approximate surface area is 130 Å². The zero-order valence-corrected chi connectivity index (χ0v) is 12.2. The maximum Gasteiger partial charge on any atom is 0.326 e. The monoisotopic (exact) mass is 317 g/mol. The predicted octanol–water partition coefficient (Wildman–Crippen LogP) is -0.463. The molecular formula is C14H15N5O4. The molecule has 9 nitrogen and oxygen atoms in total. The van der Waals surface area contributed by atoms with Gasteiger partial charge in [0.1, 0.15) is 11.8 Å². The van der Waals surface area contributed by atoms with Crippen molar-refractivity contribution in [3.05, 3.63) is 50.9 Å². The number of carbonyl (C=O) groups excluding carboxylic acids is 1. The van der Waals surface area contributed by atoms with Crippen LogP contribution in [0.2, 0.25) is 0 Å². The van der Waals surface area contributed by atoms with E-state index in [4.69, 9.17) is 4.74 Å². The third-order valence-electron chi connectivity index (χ3n) is 3.49. The fraction of sp³-hybridized carbons (Fsp3) is 0.357. The number of nitrogens with one attached hydrogen (secondary N) is 2. The van der Waals surface area contributed by atoms with Gasteiger partial charge in [0.2, 0.25) is 5.88 Å². The molecule has 0 spiro atoms. The number of aromatic nitrogens is 4. The van der Waals surface area contributed by atoms with Crippen molar-refractivity contribution in [1.82, 2.24) is 25.1 Å². The van der Waals surface area contributed by atoms with Gasteiger partial charge in [-0.25, -0.2) is 4.79 Å². The van der Waals surface area contributed by atoms with Crippen molar-refractivity contribution in [2.24, 2.45) is 0 Å². The molecule has 120 valence electrons. The molecule has 23 heavy (non-hydrogen) atoms. The zero-order chi connectivity index (χ0) is 16.2. The van der Waals surface area contributed by atoms with E-state index in [0.29, 0.717) is 19.0 Å². The number of ether oxygens (including phenoxy) is 1. The number of aromatic amines is 2. The Morgan fingerprint density at radius 1 is 1.35 bits per heavy atom. The van der Waals surface area contributed by atoms with E-state index >= 15 is 0 Å². The summed E-state index contributed by atoms with van der Waals surface area (Å²) in [5.74, 6) is -0.00277. The maximum atomic E-state index is 12.4. The molecule has 1 fully saturated rings. The average Bonchev–Trinajstić information content (AvgIpc) is 2.54. The molecule has 1 unspecified atom stereocenters. The smallest absolute Gasteiger partial charge is 0.326 e. The average molecular weight is 317 g/mol. The lowest BCUT2D eigenvalue weighted by molar-refractivity contribution is 0.0520. The van der Waals surface area contributed by atoms with Crippen LogP contribution in [0.3, 0.4) is 0 Å². The molecule has 3 rings (SSSR count). The van der Waals surface area contributed by atoms with E-state index in [-0.39, 0.29) is 11.8 Å². The lowest BCUT2D eigenvalue weighted by Crippen LogP contribution is -2.45. The molecule has 0 aromatic carbocycles. The Bertz CT molecular complexity index is 772. The molecular weight excluding hydrogens is 302 g/mol. The molecule has 0 radical (unpaired) electrons. The minimum atomic E-state index is -0.704. The molecule has 1 saturated heterocycles. The molecule has 9 heteroatoms. The Kier molecular flexibility index (Phi) is 4.18. The summed E-state index contributed by atoms with van der Waals surface area (Å²) in [6, 6.07) is 4.49. The largest absolute Gasteiger partial charge is 0.471 e. The first kappa shape index (κ1) is 14.9. The predicted molar refractivity (Wildman–Crippen MR) is 79.3 cm³/mol. The van der Waals surface area contributed by atoms with E-state index in [0.717, 1.165) is 18.9 Å². The van der Waals surface area contributed by atoms with Crippen LogP contribution < -0.4 is 16.0 Å². The first-order chi connectivity index (χ1) is 11.1. The summed E-state index contributed by atoms with van der Waals surface area (Å²) in [6.07, 6.45) is 2.88. The molecule has 2 N–H and O–H groups in total. The summed E-state index contributed by atoms with van der Waals surface area (Å²) < 4.78 is 5.71. The highest BCUT2D eigenvalue weighted by Crippen LogP contribution is 2.17. The van der Waals surface area contributed by atoms with Crippen molar-refractivity contribution in [3.63, 3.8) is 0 Å². The van der Waals surface area contributed by atoms with E-state index in [9.17, 15) is 14.4 Å². The van der Waals surface area contributed by atoms with Gasteiger partial charge >= 0.3 is 5.69 Å². The van der Waals surface area contributed by atoms with E-state index < -0.39 is 17.2 Å². The lowest BCUT2D eigenvalue weighted by atomic mass is 10.1. The van der Waals surface area contributed by atoms with Gasteiger partial charge in [0, 0.05) is 24.9 Å². The second kappa shape index (κ2) is 6.42. The fourth-order valence-electron chi connectivity index (χ4n) is 2.49. The topological polar surface area (TPSA) is 121 Å². The van der Waals surface area contributed by atoms with Gasteiger partial charge in [-0.2, -0.15) is 5.10 Å². The number of nitrogens with zero attached hydrogens (tertiary/aromatic N) is 3. The molecule has 0 saturated carbocycles. The van der Waals surface area contributed by atoms with Crippen LogP contribution in [0, 0.1) is 0 Å². The minimum Gasteiger partial charge on any atom is -0.471 e. The Balaban J connectivity index is 1.71. The van der Waals surface area contributed by atoms with Crippen LogP contribution in [0.25, 0.3) is 0 Å². The van der Waals surface area contributed by atoms with Gasteiger partial charge in [-0.3, -0.25) is 14.6 Å². The maximum absolute atomic E-state index is 12.4. The van der Waals surface area contributed by atoms with Crippen molar-refractivity contribution >= 4 is 5.91 Å². The molecule has 0 aliphatic carbocycles.